The van der Waals surface area contributed by atoms with Crippen LogP contribution in [-0.2, 0) is 10.0 Å². The van der Waals surface area contributed by atoms with Crippen molar-refractivity contribution in [3.8, 4) is 11.5 Å². The monoisotopic (exact) mass is 336 g/mol. The molecular formula is C16H20N2O4S. The van der Waals surface area contributed by atoms with Gasteiger partial charge in [0.25, 0.3) is 10.0 Å². The van der Waals surface area contributed by atoms with E-state index < -0.39 is 16.1 Å². The molecule has 0 bridgehead atoms. The molecule has 6 nitrogen and oxygen atoms in total. The van der Waals surface area contributed by atoms with Gasteiger partial charge >= 0.3 is 0 Å². The number of benzene rings is 1. The van der Waals surface area contributed by atoms with Gasteiger partial charge in [0.2, 0.25) is 0 Å². The maximum Gasteiger partial charge on any atom is 0.250 e. The fourth-order valence-corrected chi connectivity index (χ4v) is 3.86. The molecule has 1 aromatic heterocycles. The number of hydrogen-bond acceptors (Lipinski definition) is 5. The molecule has 0 aliphatic heterocycles. The smallest absolute Gasteiger partial charge is 0.250 e. The predicted molar refractivity (Wildman–Crippen MR) is 87.1 cm³/mol. The number of hydrogen-bond donors (Lipinski definition) is 0. The normalized spacial score (nSPS) is 12.9. The number of aromatic nitrogens is 1. The van der Waals surface area contributed by atoms with Crippen LogP contribution in [0.3, 0.4) is 0 Å². The molecule has 2 aromatic rings. The van der Waals surface area contributed by atoms with E-state index in [9.17, 15) is 8.42 Å². The van der Waals surface area contributed by atoms with Crippen LogP contribution in [0.15, 0.2) is 47.5 Å². The number of methoxy groups -OCH3 is 2. The van der Waals surface area contributed by atoms with Gasteiger partial charge in [-0.25, -0.2) is 8.42 Å². The highest BCUT2D eigenvalue weighted by atomic mass is 32.2. The third-order valence-electron chi connectivity index (χ3n) is 3.68. The van der Waals surface area contributed by atoms with Gasteiger partial charge in [-0.15, -0.1) is 0 Å². The second-order valence-corrected chi connectivity index (χ2v) is 6.88. The van der Waals surface area contributed by atoms with Crippen molar-refractivity contribution >= 4 is 10.0 Å². The highest BCUT2D eigenvalue weighted by molar-refractivity contribution is 7.89. The Hall–Kier alpha value is -2.12. The maximum absolute atomic E-state index is 13.0. The predicted octanol–water partition coefficient (Wildman–Crippen LogP) is 2.48. The first-order valence-electron chi connectivity index (χ1n) is 7.03. The molecule has 2 rings (SSSR count). The van der Waals surface area contributed by atoms with Crippen LogP contribution < -0.4 is 9.47 Å². The van der Waals surface area contributed by atoms with E-state index in [1.165, 1.54) is 25.6 Å². The highest BCUT2D eigenvalue weighted by Crippen LogP contribution is 2.36. The van der Waals surface area contributed by atoms with E-state index in [0.29, 0.717) is 5.69 Å². The molecule has 0 saturated heterocycles. The molecule has 0 saturated carbocycles. The van der Waals surface area contributed by atoms with Crippen molar-refractivity contribution in [1.29, 1.82) is 0 Å². The fourth-order valence-electron chi connectivity index (χ4n) is 2.23. The Morgan fingerprint density at radius 2 is 1.65 bits per heavy atom. The minimum absolute atomic E-state index is 0.00952. The summed E-state index contributed by atoms with van der Waals surface area (Å²) in [6.45, 7) is 1.78. The van der Waals surface area contributed by atoms with E-state index in [1.807, 2.05) is 6.07 Å². The molecule has 0 radical (unpaired) electrons. The first-order valence-corrected chi connectivity index (χ1v) is 8.47. The van der Waals surface area contributed by atoms with Crippen molar-refractivity contribution in [2.24, 2.45) is 0 Å². The van der Waals surface area contributed by atoms with Crippen LogP contribution in [0, 0.1) is 0 Å². The number of rotatable bonds is 6. The summed E-state index contributed by atoms with van der Waals surface area (Å²) in [6, 6.07) is 9.82. The summed E-state index contributed by atoms with van der Waals surface area (Å²) in [5.74, 6) is 0.480. The largest absolute Gasteiger partial charge is 0.495 e. The molecule has 0 aliphatic rings. The van der Waals surface area contributed by atoms with Crippen LogP contribution in [-0.4, -0.2) is 39.0 Å². The van der Waals surface area contributed by atoms with Gasteiger partial charge in [-0.1, -0.05) is 12.1 Å². The molecule has 0 spiro atoms. The topological polar surface area (TPSA) is 68.7 Å². The summed E-state index contributed by atoms with van der Waals surface area (Å²) in [6.07, 6.45) is 1.63. The van der Waals surface area contributed by atoms with E-state index in [0.717, 1.165) is 0 Å². The molecule has 0 N–H and O–H groups in total. The third-order valence-corrected chi connectivity index (χ3v) is 5.67. The SMILES string of the molecule is COc1cccc(OC)c1S(=O)(=O)N(C)C(C)c1ccccn1. The fraction of sp³-hybridized carbons (Fsp3) is 0.312. The van der Waals surface area contributed by atoms with Crippen molar-refractivity contribution in [2.75, 3.05) is 21.3 Å². The van der Waals surface area contributed by atoms with Gasteiger partial charge in [0.05, 0.1) is 26.0 Å². The van der Waals surface area contributed by atoms with Crippen LogP contribution in [0.2, 0.25) is 0 Å². The molecule has 1 heterocycles. The van der Waals surface area contributed by atoms with E-state index in [4.69, 9.17) is 9.47 Å². The molecule has 1 aromatic carbocycles. The van der Waals surface area contributed by atoms with E-state index >= 15 is 0 Å². The van der Waals surface area contributed by atoms with E-state index in [-0.39, 0.29) is 16.4 Å². The van der Waals surface area contributed by atoms with Gasteiger partial charge in [0.1, 0.15) is 11.5 Å². The maximum atomic E-state index is 13.0. The highest BCUT2D eigenvalue weighted by Gasteiger charge is 2.32. The van der Waals surface area contributed by atoms with Crippen molar-refractivity contribution in [3.05, 3.63) is 48.3 Å². The standard InChI is InChI=1S/C16H20N2O4S/c1-12(13-8-5-6-11-17-13)18(2)23(19,20)16-14(21-3)9-7-10-15(16)22-4/h5-12H,1-4H3. The first kappa shape index (κ1) is 17.2. The van der Waals surface area contributed by atoms with Crippen molar-refractivity contribution in [2.45, 2.75) is 17.9 Å². The zero-order chi connectivity index (χ0) is 17.0. The second-order valence-electron chi connectivity index (χ2n) is 4.94. The summed E-state index contributed by atoms with van der Waals surface area (Å²) in [7, 11) is 0.539. The lowest BCUT2D eigenvalue weighted by Gasteiger charge is -2.25. The van der Waals surface area contributed by atoms with Crippen molar-refractivity contribution in [1.82, 2.24) is 9.29 Å². The van der Waals surface area contributed by atoms with Crippen LogP contribution in [0.1, 0.15) is 18.7 Å². The van der Waals surface area contributed by atoms with Crippen LogP contribution in [0.4, 0.5) is 0 Å². The van der Waals surface area contributed by atoms with Gasteiger partial charge in [0.15, 0.2) is 4.90 Å². The van der Waals surface area contributed by atoms with Crippen molar-refractivity contribution < 1.29 is 17.9 Å². The van der Waals surface area contributed by atoms with Crippen molar-refractivity contribution in [3.63, 3.8) is 0 Å². The van der Waals surface area contributed by atoms with E-state index in [1.54, 1.807) is 43.5 Å². The lowest BCUT2D eigenvalue weighted by Crippen LogP contribution is -2.30. The van der Waals surface area contributed by atoms with Gasteiger partial charge in [0, 0.05) is 13.2 Å². The Labute approximate surface area is 136 Å². The molecule has 23 heavy (non-hydrogen) atoms. The summed E-state index contributed by atoms with van der Waals surface area (Å²) in [5, 5.41) is 0. The Morgan fingerprint density at radius 1 is 1.04 bits per heavy atom. The van der Waals surface area contributed by atoms with Crippen LogP contribution >= 0.6 is 0 Å². The molecular weight excluding hydrogens is 316 g/mol. The average molecular weight is 336 g/mol. The van der Waals surface area contributed by atoms with Crippen LogP contribution in [0.5, 0.6) is 11.5 Å². The average Bonchev–Trinajstić information content (AvgIpc) is 2.60. The van der Waals surface area contributed by atoms with Gasteiger partial charge < -0.3 is 9.47 Å². The Balaban J connectivity index is 2.50. The minimum atomic E-state index is -3.83. The quantitative estimate of drug-likeness (QED) is 0.810. The van der Waals surface area contributed by atoms with Crippen LogP contribution in [0.25, 0.3) is 0 Å². The summed E-state index contributed by atoms with van der Waals surface area (Å²) in [5.41, 5.74) is 0.660. The number of ether oxygens (including phenoxy) is 2. The molecule has 0 aliphatic carbocycles. The zero-order valence-electron chi connectivity index (χ0n) is 13.6. The van der Waals surface area contributed by atoms with Gasteiger partial charge in [-0.05, 0) is 31.2 Å². The molecule has 7 heteroatoms. The zero-order valence-corrected chi connectivity index (χ0v) is 14.4. The molecule has 124 valence electrons. The number of pyridine rings is 1. The Bertz CT molecular complexity index is 741. The minimum Gasteiger partial charge on any atom is -0.495 e. The van der Waals surface area contributed by atoms with Gasteiger partial charge in [-0.2, -0.15) is 4.31 Å². The summed E-state index contributed by atoms with van der Waals surface area (Å²) in [4.78, 5) is 4.23. The molecule has 0 amide bonds. The lowest BCUT2D eigenvalue weighted by molar-refractivity contribution is 0.357. The lowest BCUT2D eigenvalue weighted by atomic mass is 10.2. The number of nitrogens with zero attached hydrogens (tertiary/aromatic N) is 2. The first-order chi connectivity index (χ1) is 10.9. The third kappa shape index (κ3) is 3.30. The van der Waals surface area contributed by atoms with E-state index in [2.05, 4.69) is 4.98 Å². The molecule has 0 fully saturated rings. The second kappa shape index (κ2) is 6.97. The summed E-state index contributed by atoms with van der Waals surface area (Å²) >= 11 is 0. The Kier molecular flexibility index (Phi) is 5.23. The molecule has 1 unspecified atom stereocenters. The molecule has 1 atom stereocenters. The summed E-state index contributed by atoms with van der Waals surface area (Å²) < 4.78 is 37.8. The number of sulfonamides is 1. The van der Waals surface area contributed by atoms with Gasteiger partial charge in [-0.3, -0.25) is 4.98 Å². The Morgan fingerprint density at radius 3 is 2.13 bits per heavy atom.